The van der Waals surface area contributed by atoms with Crippen LogP contribution in [0.2, 0.25) is 0 Å². The van der Waals surface area contributed by atoms with E-state index in [1.54, 1.807) is 0 Å². The van der Waals surface area contributed by atoms with Crippen molar-refractivity contribution in [2.24, 2.45) is 0 Å². The predicted octanol–water partition coefficient (Wildman–Crippen LogP) is 13.7. The molecule has 3 heteroatoms. The van der Waals surface area contributed by atoms with Gasteiger partial charge in [0.2, 0.25) is 0 Å². The van der Waals surface area contributed by atoms with Crippen LogP contribution in [0.5, 0.6) is 0 Å². The quantitative estimate of drug-likeness (QED) is 0.170. The zero-order valence-corrected chi connectivity index (χ0v) is 32.1. The summed E-state index contributed by atoms with van der Waals surface area (Å²) in [6.07, 6.45) is 1.88. The van der Waals surface area contributed by atoms with E-state index >= 15 is 0 Å². The number of nitriles is 1. The van der Waals surface area contributed by atoms with Crippen LogP contribution in [0.25, 0.3) is 84.5 Å². The van der Waals surface area contributed by atoms with E-state index in [9.17, 15) is 5.26 Å². The normalized spacial score (nSPS) is 12.6. The van der Waals surface area contributed by atoms with Crippen molar-refractivity contribution in [3.63, 3.8) is 0 Å². The van der Waals surface area contributed by atoms with Gasteiger partial charge in [0.05, 0.1) is 28.4 Å². The van der Waals surface area contributed by atoms with Crippen LogP contribution in [0.1, 0.15) is 33.4 Å². The van der Waals surface area contributed by atoms with Gasteiger partial charge in [-0.05, 0) is 79.4 Å². The Morgan fingerprint density at radius 2 is 0.932 bits per heavy atom. The molecular formula is C56H35N3. The first kappa shape index (κ1) is 34.3. The lowest BCUT2D eigenvalue weighted by Crippen LogP contribution is -2.25. The first-order chi connectivity index (χ1) is 29.2. The SMILES string of the molecule is C=Cc1c(-c2ccc(-c3ccccc3)cc2)nc(-c2ccccc2)nc1-c1cccc(-c2ccc3c(c2)C2(c4ccccc4-c4ccccc42)c2cccc(C#N)c2-3)c1. The smallest absolute Gasteiger partial charge is 0.160 e. The lowest BCUT2D eigenvalue weighted by atomic mass is 9.70. The summed E-state index contributed by atoms with van der Waals surface area (Å²) in [5.41, 5.74) is 19.5. The van der Waals surface area contributed by atoms with Crippen LogP contribution < -0.4 is 0 Å². The second-order valence-electron chi connectivity index (χ2n) is 15.2. The minimum atomic E-state index is -0.559. The summed E-state index contributed by atoms with van der Waals surface area (Å²) in [7, 11) is 0. The zero-order chi connectivity index (χ0) is 39.5. The van der Waals surface area contributed by atoms with Gasteiger partial charge in [-0.15, -0.1) is 0 Å². The number of nitrogens with zero attached hydrogens (tertiary/aromatic N) is 3. The van der Waals surface area contributed by atoms with E-state index in [1.807, 2.05) is 42.5 Å². The Bertz CT molecular complexity index is 3130. The van der Waals surface area contributed by atoms with Gasteiger partial charge in [-0.1, -0.05) is 189 Å². The average molecular weight is 750 g/mol. The summed E-state index contributed by atoms with van der Waals surface area (Å²) in [6.45, 7) is 4.30. The highest BCUT2D eigenvalue weighted by molar-refractivity contribution is 5.97. The Hall–Kier alpha value is -7.93. The van der Waals surface area contributed by atoms with Gasteiger partial charge in [0.15, 0.2) is 5.82 Å². The highest BCUT2D eigenvalue weighted by atomic mass is 14.9. The van der Waals surface area contributed by atoms with Crippen LogP contribution in [0.3, 0.4) is 0 Å². The van der Waals surface area contributed by atoms with Crippen molar-refractivity contribution in [2.45, 2.75) is 5.41 Å². The predicted molar refractivity (Wildman–Crippen MR) is 240 cm³/mol. The first-order valence-electron chi connectivity index (χ1n) is 19.9. The van der Waals surface area contributed by atoms with Gasteiger partial charge >= 0.3 is 0 Å². The number of aromatic nitrogens is 2. The lowest BCUT2D eigenvalue weighted by Gasteiger charge is -2.30. The van der Waals surface area contributed by atoms with Crippen molar-refractivity contribution < 1.29 is 0 Å². The minimum absolute atomic E-state index is 0.559. The van der Waals surface area contributed by atoms with Crippen molar-refractivity contribution in [3.05, 3.63) is 234 Å². The van der Waals surface area contributed by atoms with Crippen LogP contribution in [0.15, 0.2) is 201 Å². The Balaban J connectivity index is 1.09. The fraction of sp³-hybridized carbons (Fsp3) is 0.0179. The third-order valence-electron chi connectivity index (χ3n) is 12.2. The third-order valence-corrected chi connectivity index (χ3v) is 12.2. The first-order valence-corrected chi connectivity index (χ1v) is 19.9. The molecule has 0 saturated heterocycles. The standard InChI is InChI=1S/C56H35N3/c1-2-44-53(38-29-27-37(28-30-38)36-15-5-3-6-16-36)58-55(39-17-7-4-8-18-39)59-54(44)42-20-13-19-40(33-42)41-31-32-47-51(34-41)56(50-26-14-21-43(35-57)52(47)50)48-24-11-9-22-45(48)46-23-10-12-25-49(46)56/h2-34H,1H2. The zero-order valence-electron chi connectivity index (χ0n) is 32.1. The van der Waals surface area contributed by atoms with Gasteiger partial charge in [-0.3, -0.25) is 0 Å². The molecule has 11 rings (SSSR count). The molecule has 3 nitrogen and oxygen atoms in total. The van der Waals surface area contributed by atoms with Crippen molar-refractivity contribution in [1.82, 2.24) is 9.97 Å². The molecule has 2 aliphatic rings. The van der Waals surface area contributed by atoms with Gasteiger partial charge in [0.1, 0.15) is 0 Å². The summed E-state index contributed by atoms with van der Waals surface area (Å²) < 4.78 is 0. The molecule has 0 atom stereocenters. The molecule has 2 aliphatic carbocycles. The van der Waals surface area contributed by atoms with E-state index in [4.69, 9.17) is 9.97 Å². The van der Waals surface area contributed by atoms with E-state index in [2.05, 4.69) is 170 Å². The molecule has 9 aromatic rings. The Morgan fingerprint density at radius 1 is 0.424 bits per heavy atom. The van der Waals surface area contributed by atoms with Crippen LogP contribution in [0, 0.1) is 11.3 Å². The summed E-state index contributed by atoms with van der Waals surface area (Å²) in [5, 5.41) is 10.4. The number of hydrogen-bond acceptors (Lipinski definition) is 3. The molecule has 0 bridgehead atoms. The highest BCUT2D eigenvalue weighted by Gasteiger charge is 2.52. The average Bonchev–Trinajstić information content (AvgIpc) is 3.79. The summed E-state index contributed by atoms with van der Waals surface area (Å²) in [5.74, 6) is 0.655. The maximum atomic E-state index is 10.4. The van der Waals surface area contributed by atoms with Crippen LogP contribution in [0.4, 0.5) is 0 Å². The number of rotatable bonds is 6. The lowest BCUT2D eigenvalue weighted by molar-refractivity contribution is 0.794. The van der Waals surface area contributed by atoms with Gasteiger partial charge in [-0.2, -0.15) is 5.26 Å². The molecule has 0 aliphatic heterocycles. The van der Waals surface area contributed by atoms with Gasteiger partial charge in [0.25, 0.3) is 0 Å². The minimum Gasteiger partial charge on any atom is -0.227 e. The number of hydrogen-bond donors (Lipinski definition) is 0. The molecule has 0 saturated carbocycles. The second kappa shape index (κ2) is 13.6. The molecule has 59 heavy (non-hydrogen) atoms. The molecule has 0 amide bonds. The van der Waals surface area contributed by atoms with E-state index in [-0.39, 0.29) is 0 Å². The van der Waals surface area contributed by atoms with Crippen molar-refractivity contribution in [3.8, 4) is 84.5 Å². The Kier molecular flexibility index (Phi) is 7.93. The number of benzene rings is 8. The number of fused-ring (bicyclic) bond motifs is 10. The highest BCUT2D eigenvalue weighted by Crippen LogP contribution is 2.63. The fourth-order valence-electron chi connectivity index (χ4n) is 9.58. The van der Waals surface area contributed by atoms with Crippen LogP contribution in [-0.2, 0) is 5.41 Å². The molecule has 1 heterocycles. The Labute approximate surface area is 343 Å². The Morgan fingerprint density at radius 3 is 1.61 bits per heavy atom. The summed E-state index contributed by atoms with van der Waals surface area (Å²) >= 11 is 0. The van der Waals surface area contributed by atoms with E-state index in [1.165, 1.54) is 33.4 Å². The fourth-order valence-corrected chi connectivity index (χ4v) is 9.58. The monoisotopic (exact) mass is 749 g/mol. The molecule has 0 fully saturated rings. The molecule has 8 aromatic carbocycles. The molecule has 0 unspecified atom stereocenters. The van der Waals surface area contributed by atoms with Gasteiger partial charge in [0, 0.05) is 27.8 Å². The van der Waals surface area contributed by atoms with E-state index < -0.39 is 5.41 Å². The van der Waals surface area contributed by atoms with Crippen molar-refractivity contribution in [1.29, 1.82) is 5.26 Å². The largest absolute Gasteiger partial charge is 0.227 e. The van der Waals surface area contributed by atoms with E-state index in [0.29, 0.717) is 11.4 Å². The molecular weight excluding hydrogens is 715 g/mol. The van der Waals surface area contributed by atoms with Crippen molar-refractivity contribution in [2.75, 3.05) is 0 Å². The maximum Gasteiger partial charge on any atom is 0.160 e. The second-order valence-corrected chi connectivity index (χ2v) is 15.2. The molecule has 1 spiro atoms. The van der Waals surface area contributed by atoms with Crippen molar-refractivity contribution >= 4 is 6.08 Å². The topological polar surface area (TPSA) is 49.6 Å². The molecule has 0 radical (unpaired) electrons. The molecule has 274 valence electrons. The summed E-state index contributed by atoms with van der Waals surface area (Å²) in [4.78, 5) is 10.5. The van der Waals surface area contributed by atoms with Gasteiger partial charge < -0.3 is 0 Å². The third kappa shape index (κ3) is 5.21. The summed E-state index contributed by atoms with van der Waals surface area (Å²) in [6, 6.07) is 70.9. The van der Waals surface area contributed by atoms with Gasteiger partial charge in [-0.25, -0.2) is 9.97 Å². The maximum absolute atomic E-state index is 10.4. The van der Waals surface area contributed by atoms with Crippen LogP contribution >= 0.6 is 0 Å². The molecule has 0 N–H and O–H groups in total. The van der Waals surface area contributed by atoms with E-state index in [0.717, 1.165) is 67.0 Å². The van der Waals surface area contributed by atoms with Crippen LogP contribution in [-0.4, -0.2) is 9.97 Å². The molecule has 1 aromatic heterocycles.